The number of aryl methyl sites for hydroxylation is 1. The van der Waals surface area contributed by atoms with Crippen molar-refractivity contribution in [2.24, 2.45) is 0 Å². The Morgan fingerprint density at radius 1 is 1.09 bits per heavy atom. The minimum absolute atomic E-state index is 0.112. The Morgan fingerprint density at radius 3 is 2.57 bits per heavy atom. The maximum atomic E-state index is 12.0. The molecule has 1 aromatic carbocycles. The van der Waals surface area contributed by atoms with Crippen molar-refractivity contribution in [3.05, 3.63) is 71.3 Å². The van der Waals surface area contributed by atoms with Crippen LogP contribution in [0.5, 0.6) is 0 Å². The summed E-state index contributed by atoms with van der Waals surface area (Å²) in [5.41, 5.74) is 0.518. The summed E-state index contributed by atoms with van der Waals surface area (Å²) in [6.45, 7) is 0.794. The highest BCUT2D eigenvalue weighted by atomic mass is 16.2. The van der Waals surface area contributed by atoms with Crippen LogP contribution in [-0.2, 0) is 11.3 Å². The Balaban J connectivity index is 1.58. The number of aromatic amines is 1. The van der Waals surface area contributed by atoms with E-state index < -0.39 is 0 Å². The van der Waals surface area contributed by atoms with E-state index in [1.165, 1.54) is 10.7 Å². The van der Waals surface area contributed by atoms with E-state index in [9.17, 15) is 9.59 Å². The van der Waals surface area contributed by atoms with Crippen molar-refractivity contribution in [1.82, 2.24) is 14.3 Å². The van der Waals surface area contributed by atoms with Gasteiger partial charge < -0.3 is 9.88 Å². The summed E-state index contributed by atoms with van der Waals surface area (Å²) in [6.07, 6.45) is 5.07. The highest BCUT2D eigenvalue weighted by Crippen LogP contribution is 2.07. The summed E-state index contributed by atoms with van der Waals surface area (Å²) in [5.74, 6) is 0.295. The van der Waals surface area contributed by atoms with Crippen LogP contribution in [0, 0.1) is 0 Å². The van der Waals surface area contributed by atoms with Crippen LogP contribution in [0.3, 0.4) is 0 Å². The van der Waals surface area contributed by atoms with Crippen LogP contribution in [0.15, 0.2) is 65.7 Å². The van der Waals surface area contributed by atoms with Crippen molar-refractivity contribution in [3.63, 3.8) is 0 Å². The first kappa shape index (κ1) is 14.9. The first-order valence-corrected chi connectivity index (χ1v) is 7.50. The molecule has 2 N–H and O–H groups in total. The summed E-state index contributed by atoms with van der Waals surface area (Å²) >= 11 is 0. The minimum atomic E-state index is -0.209. The van der Waals surface area contributed by atoms with Crippen LogP contribution in [-0.4, -0.2) is 20.3 Å². The Kier molecular flexibility index (Phi) is 4.42. The second kappa shape index (κ2) is 6.83. The van der Waals surface area contributed by atoms with Gasteiger partial charge in [0.1, 0.15) is 5.82 Å². The Hall–Kier alpha value is -3.02. The third-order valence-electron chi connectivity index (χ3n) is 3.50. The van der Waals surface area contributed by atoms with Gasteiger partial charge in [-0.25, -0.2) is 4.68 Å². The number of carbonyl (C=O) groups excluding carboxylic acids is 1. The topological polar surface area (TPSA) is 71.8 Å². The number of benzene rings is 1. The highest BCUT2D eigenvalue weighted by Gasteiger charge is 2.08. The van der Waals surface area contributed by atoms with Crippen LogP contribution < -0.4 is 10.9 Å². The number of rotatable bonds is 6. The number of amides is 1. The summed E-state index contributed by atoms with van der Waals surface area (Å²) in [6, 6.07) is 14.5. The number of carbonyl (C=O) groups is 1. The van der Waals surface area contributed by atoms with Gasteiger partial charge >= 0.3 is 0 Å². The molecule has 3 rings (SSSR count). The second-order valence-electron chi connectivity index (χ2n) is 5.25. The van der Waals surface area contributed by atoms with Gasteiger partial charge in [0.05, 0.1) is 5.69 Å². The van der Waals surface area contributed by atoms with E-state index in [0.29, 0.717) is 12.2 Å². The fraction of sp³-hybridized carbons (Fsp3) is 0.176. The lowest BCUT2D eigenvalue weighted by Crippen LogP contribution is -2.13. The lowest BCUT2D eigenvalue weighted by atomic mass is 10.3. The van der Waals surface area contributed by atoms with E-state index in [0.717, 1.165) is 18.7 Å². The van der Waals surface area contributed by atoms with Crippen molar-refractivity contribution in [2.45, 2.75) is 19.4 Å². The van der Waals surface area contributed by atoms with E-state index in [4.69, 9.17) is 0 Å². The van der Waals surface area contributed by atoms with Gasteiger partial charge in [-0.3, -0.25) is 14.7 Å². The predicted molar refractivity (Wildman–Crippen MR) is 88.7 cm³/mol. The van der Waals surface area contributed by atoms with Gasteiger partial charge in [0.25, 0.3) is 5.56 Å². The first-order valence-electron chi connectivity index (χ1n) is 7.50. The van der Waals surface area contributed by atoms with E-state index in [2.05, 4.69) is 10.4 Å². The molecular formula is C17H18N4O2. The lowest BCUT2D eigenvalue weighted by molar-refractivity contribution is -0.116. The van der Waals surface area contributed by atoms with Crippen molar-refractivity contribution < 1.29 is 4.79 Å². The molecule has 0 aliphatic carbocycles. The molecule has 0 bridgehead atoms. The summed E-state index contributed by atoms with van der Waals surface area (Å²) in [7, 11) is 0. The Labute approximate surface area is 133 Å². The minimum Gasteiger partial charge on any atom is -0.354 e. The molecule has 2 aromatic heterocycles. The molecule has 0 atom stereocenters. The average molecular weight is 310 g/mol. The summed E-state index contributed by atoms with van der Waals surface area (Å²) < 4.78 is 3.43. The zero-order valence-corrected chi connectivity index (χ0v) is 12.6. The summed E-state index contributed by atoms with van der Waals surface area (Å²) in [5, 5.41) is 5.63. The van der Waals surface area contributed by atoms with Crippen LogP contribution in [0.4, 0.5) is 5.82 Å². The standard InChI is InChI=1S/C17H18N4O2/c22-16(9-6-12-20-10-4-5-11-20)18-15-13-17(23)21(19-15)14-7-2-1-3-8-14/h1-5,7-8,10-11,13,19H,6,9,12H2,(H,18,22). The monoisotopic (exact) mass is 310 g/mol. The number of H-pyrrole nitrogens is 1. The maximum absolute atomic E-state index is 12.0. The molecule has 3 aromatic rings. The number of anilines is 1. The lowest BCUT2D eigenvalue weighted by Gasteiger charge is -2.05. The zero-order valence-electron chi connectivity index (χ0n) is 12.6. The molecule has 0 aliphatic heterocycles. The molecule has 0 saturated heterocycles. The second-order valence-corrected chi connectivity index (χ2v) is 5.25. The molecule has 6 heteroatoms. The first-order chi connectivity index (χ1) is 11.2. The van der Waals surface area contributed by atoms with Gasteiger partial charge in [-0.05, 0) is 30.7 Å². The molecule has 23 heavy (non-hydrogen) atoms. The van der Waals surface area contributed by atoms with Gasteiger partial charge in [0.2, 0.25) is 5.91 Å². The quantitative estimate of drug-likeness (QED) is 0.734. The zero-order chi connectivity index (χ0) is 16.1. The van der Waals surface area contributed by atoms with Crippen LogP contribution in [0.1, 0.15) is 12.8 Å². The Bertz CT molecular complexity index is 816. The fourth-order valence-corrected chi connectivity index (χ4v) is 2.38. The number of para-hydroxylation sites is 1. The number of hydrogen-bond acceptors (Lipinski definition) is 2. The molecule has 0 spiro atoms. The average Bonchev–Trinajstić information content (AvgIpc) is 3.18. The molecular weight excluding hydrogens is 292 g/mol. The van der Waals surface area contributed by atoms with E-state index >= 15 is 0 Å². The maximum Gasteiger partial charge on any atom is 0.273 e. The van der Waals surface area contributed by atoms with Crippen LogP contribution in [0.2, 0.25) is 0 Å². The molecule has 0 unspecified atom stereocenters. The van der Waals surface area contributed by atoms with E-state index in [1.54, 1.807) is 0 Å². The number of nitrogens with zero attached hydrogens (tertiary/aromatic N) is 2. The molecule has 1 amide bonds. The third-order valence-corrected chi connectivity index (χ3v) is 3.50. The van der Waals surface area contributed by atoms with Crippen molar-refractivity contribution >= 4 is 11.7 Å². The molecule has 0 saturated carbocycles. The predicted octanol–water partition coefficient (Wildman–Crippen LogP) is 2.39. The largest absolute Gasteiger partial charge is 0.354 e. The van der Waals surface area contributed by atoms with Gasteiger partial charge in [-0.15, -0.1) is 0 Å². The van der Waals surface area contributed by atoms with Crippen LogP contribution >= 0.6 is 0 Å². The van der Waals surface area contributed by atoms with Crippen molar-refractivity contribution in [3.8, 4) is 5.69 Å². The van der Waals surface area contributed by atoms with Gasteiger partial charge in [0.15, 0.2) is 0 Å². The molecule has 0 fully saturated rings. The molecule has 118 valence electrons. The Morgan fingerprint density at radius 2 is 1.83 bits per heavy atom. The molecule has 2 heterocycles. The molecule has 0 radical (unpaired) electrons. The summed E-state index contributed by atoms with van der Waals surface area (Å²) in [4.78, 5) is 23.9. The highest BCUT2D eigenvalue weighted by molar-refractivity contribution is 5.89. The number of hydrogen-bond donors (Lipinski definition) is 2. The van der Waals surface area contributed by atoms with Crippen molar-refractivity contribution in [2.75, 3.05) is 5.32 Å². The number of nitrogens with one attached hydrogen (secondary N) is 2. The fourth-order valence-electron chi connectivity index (χ4n) is 2.38. The molecule has 6 nitrogen and oxygen atoms in total. The van der Waals surface area contributed by atoms with Crippen LogP contribution in [0.25, 0.3) is 5.69 Å². The van der Waals surface area contributed by atoms with E-state index in [-0.39, 0.29) is 11.5 Å². The normalized spacial score (nSPS) is 10.6. The van der Waals surface area contributed by atoms with Crippen molar-refractivity contribution in [1.29, 1.82) is 0 Å². The number of aromatic nitrogens is 3. The van der Waals surface area contributed by atoms with Gasteiger partial charge in [0, 0.05) is 31.4 Å². The third kappa shape index (κ3) is 3.79. The SMILES string of the molecule is O=C(CCCn1cccc1)Nc1cc(=O)n(-c2ccccc2)[nH]1. The van der Waals surface area contributed by atoms with Gasteiger partial charge in [-0.2, -0.15) is 0 Å². The smallest absolute Gasteiger partial charge is 0.273 e. The molecule has 0 aliphatic rings. The van der Waals surface area contributed by atoms with Gasteiger partial charge in [-0.1, -0.05) is 18.2 Å². The van der Waals surface area contributed by atoms with E-state index in [1.807, 2.05) is 59.4 Å².